The third-order valence-corrected chi connectivity index (χ3v) is 18.9. The van der Waals surface area contributed by atoms with Crippen molar-refractivity contribution in [2.24, 2.45) is 0 Å². The van der Waals surface area contributed by atoms with Crippen LogP contribution in [0.4, 0.5) is 0 Å². The predicted molar refractivity (Wildman–Crippen MR) is 463 cm³/mol. The van der Waals surface area contributed by atoms with E-state index in [0.717, 1.165) is 205 Å². The molecule has 0 aromatic rings. The maximum atomic E-state index is 13.2. The number of aliphatic hydroxyl groups is 1. The van der Waals surface area contributed by atoms with Crippen LogP contribution in [0.1, 0.15) is 310 Å². The summed E-state index contributed by atoms with van der Waals surface area (Å²) < 4.78 is 68.7. The Morgan fingerprint density at radius 1 is 0.259 bits per heavy atom. The van der Waals surface area contributed by atoms with Crippen LogP contribution < -0.4 is 0 Å². The molecule has 112 heavy (non-hydrogen) atoms. The van der Waals surface area contributed by atoms with E-state index in [1.54, 1.807) is 0 Å². The molecule has 0 heterocycles. The Balaban J connectivity index is 5.50. The summed E-state index contributed by atoms with van der Waals surface area (Å²) in [6.45, 7) is 4.38. The standard InChI is InChI=1S/C93H150O17P2/c1-5-9-13-17-21-25-29-33-37-41-43-47-49-53-57-61-65-69-73-77-90(95)103-83-88(109-92(97)79-75-71-67-63-59-55-51-45-39-35-31-27-23-19-15-11-7-3)85-107-111(99,100)105-81-87(94)82-106-112(101,102)108-86-89(110-93(98)80-76-72-68-64-60-56-52-46-40-36-32-28-24-20-16-12-8-4)84-104-91(96)78-74-70-66-62-58-54-50-48-44-42-38-34-30-26-22-18-14-10-6-2/h9,11-13,15-16,21-28,33-40,43-44,47-48,51,53,55,57,63,67,87-89,94H,5-8,10,14,17-20,29-32,41-42,45-46,49-50,52,54,56,58-62,64-66,68-86H2,1-4H3,(H,99,100)(H,101,102)/b13-9-,15-11-,16-12-,25-21-,26-22-,27-23-,28-24-,37-33-,38-34-,39-35-,40-36-,47-43-,48-44-,55-51-,57-53-,67-63-. The maximum Gasteiger partial charge on any atom is 0.472 e. The van der Waals surface area contributed by atoms with Crippen LogP contribution in [0.15, 0.2) is 194 Å². The SMILES string of the molecule is CC/C=C\C/C=C\C/C=C\C/C=C\C/C=C\CCCCCC(=O)OCC(COP(=O)(O)OCC(O)COP(=O)(O)OCC(COC(=O)CCCCCCCC/C=C\C/C=C\C/C=C\CCCCC)OC(=O)CCCCCCCCC/C=C\C/C=C\C/C=C\CC)OC(=O)CCC/C=C\C/C=C\C/C=C\C/C=C\C/C=C\CC. The number of allylic oxidation sites excluding steroid dienone is 32. The number of rotatable bonds is 78. The van der Waals surface area contributed by atoms with Gasteiger partial charge in [-0.3, -0.25) is 37.3 Å². The molecule has 3 N–H and O–H groups in total. The fourth-order valence-corrected chi connectivity index (χ4v) is 12.2. The lowest BCUT2D eigenvalue weighted by atomic mass is 10.1. The Kier molecular flexibility index (Phi) is 78.4. The van der Waals surface area contributed by atoms with Crippen LogP contribution in [0.5, 0.6) is 0 Å². The molecule has 5 atom stereocenters. The van der Waals surface area contributed by atoms with Gasteiger partial charge in [-0.1, -0.05) is 299 Å². The molecule has 0 fully saturated rings. The minimum Gasteiger partial charge on any atom is -0.462 e. The minimum absolute atomic E-state index is 0.000907. The summed E-state index contributed by atoms with van der Waals surface area (Å²) in [5, 5.41) is 10.7. The summed E-state index contributed by atoms with van der Waals surface area (Å²) in [6, 6.07) is 0. The largest absolute Gasteiger partial charge is 0.472 e. The first kappa shape index (κ1) is 106. The summed E-state index contributed by atoms with van der Waals surface area (Å²) in [5.41, 5.74) is 0. The molecule has 634 valence electrons. The second-order valence-corrected chi connectivity index (χ2v) is 30.5. The lowest BCUT2D eigenvalue weighted by Crippen LogP contribution is -2.30. The number of unbranched alkanes of at least 4 members (excludes halogenated alkanes) is 20. The van der Waals surface area contributed by atoms with Crippen LogP contribution in [0.25, 0.3) is 0 Å². The molecule has 0 aliphatic rings. The molecular weight excluding hydrogens is 1450 g/mol. The number of ether oxygens (including phenoxy) is 4. The highest BCUT2D eigenvalue weighted by Crippen LogP contribution is 2.45. The number of esters is 4. The first-order valence-corrected chi connectivity index (χ1v) is 45.7. The normalized spacial score (nSPS) is 14.7. The molecule has 17 nitrogen and oxygen atoms in total. The molecule has 19 heteroatoms. The number of phosphoric acid groups is 2. The number of hydrogen-bond donors (Lipinski definition) is 3. The van der Waals surface area contributed by atoms with Gasteiger partial charge in [0.25, 0.3) is 0 Å². The number of aliphatic hydroxyl groups excluding tert-OH is 1. The van der Waals surface area contributed by atoms with E-state index in [0.29, 0.717) is 32.1 Å². The van der Waals surface area contributed by atoms with Crippen molar-refractivity contribution in [1.82, 2.24) is 0 Å². The fraction of sp³-hybridized carbons (Fsp3) is 0.613. The molecule has 0 saturated heterocycles. The van der Waals surface area contributed by atoms with Gasteiger partial charge in [0.2, 0.25) is 0 Å². The van der Waals surface area contributed by atoms with Gasteiger partial charge in [0.15, 0.2) is 12.2 Å². The van der Waals surface area contributed by atoms with Crippen molar-refractivity contribution in [2.75, 3.05) is 39.6 Å². The third kappa shape index (κ3) is 81.9. The smallest absolute Gasteiger partial charge is 0.462 e. The van der Waals surface area contributed by atoms with Crippen molar-refractivity contribution in [1.29, 1.82) is 0 Å². The first-order valence-electron chi connectivity index (χ1n) is 42.7. The third-order valence-electron chi connectivity index (χ3n) is 17.0. The summed E-state index contributed by atoms with van der Waals surface area (Å²) in [5.74, 6) is -2.32. The van der Waals surface area contributed by atoms with E-state index in [9.17, 15) is 43.2 Å². The van der Waals surface area contributed by atoms with Crippen LogP contribution in [0, 0.1) is 0 Å². The van der Waals surface area contributed by atoms with Gasteiger partial charge in [-0.05, 0) is 180 Å². The monoisotopic (exact) mass is 1600 g/mol. The van der Waals surface area contributed by atoms with Gasteiger partial charge < -0.3 is 33.8 Å². The van der Waals surface area contributed by atoms with Gasteiger partial charge >= 0.3 is 39.5 Å². The second-order valence-electron chi connectivity index (χ2n) is 27.6. The first-order chi connectivity index (χ1) is 54.7. The van der Waals surface area contributed by atoms with Gasteiger partial charge in [0, 0.05) is 25.7 Å². The molecule has 0 spiro atoms. The summed E-state index contributed by atoms with van der Waals surface area (Å²) >= 11 is 0. The summed E-state index contributed by atoms with van der Waals surface area (Å²) in [6.07, 6.45) is 103. The lowest BCUT2D eigenvalue weighted by molar-refractivity contribution is -0.161. The van der Waals surface area contributed by atoms with Crippen LogP contribution in [0.3, 0.4) is 0 Å². The highest BCUT2D eigenvalue weighted by molar-refractivity contribution is 7.47. The van der Waals surface area contributed by atoms with Crippen molar-refractivity contribution < 1.29 is 80.2 Å². The van der Waals surface area contributed by atoms with Crippen molar-refractivity contribution in [3.05, 3.63) is 194 Å². The van der Waals surface area contributed by atoms with Crippen molar-refractivity contribution in [3.8, 4) is 0 Å². The Bertz CT molecular complexity index is 2890. The molecule has 0 rings (SSSR count). The second kappa shape index (κ2) is 82.9. The zero-order valence-corrected chi connectivity index (χ0v) is 71.3. The highest BCUT2D eigenvalue weighted by Gasteiger charge is 2.30. The Morgan fingerprint density at radius 2 is 0.473 bits per heavy atom. The zero-order chi connectivity index (χ0) is 81.7. The molecule has 0 saturated carbocycles. The number of hydrogen-bond acceptors (Lipinski definition) is 15. The predicted octanol–water partition coefficient (Wildman–Crippen LogP) is 25.7. The van der Waals surface area contributed by atoms with Crippen LogP contribution in [-0.4, -0.2) is 96.7 Å². The number of carbonyl (C=O) groups excluding carboxylic acids is 4. The zero-order valence-electron chi connectivity index (χ0n) is 69.5. The van der Waals surface area contributed by atoms with E-state index in [-0.39, 0.29) is 25.7 Å². The van der Waals surface area contributed by atoms with E-state index in [4.69, 9.17) is 37.0 Å². The van der Waals surface area contributed by atoms with E-state index >= 15 is 0 Å². The molecule has 5 unspecified atom stereocenters. The van der Waals surface area contributed by atoms with E-state index < -0.39 is 97.5 Å². The van der Waals surface area contributed by atoms with Gasteiger partial charge in [0.05, 0.1) is 26.4 Å². The van der Waals surface area contributed by atoms with Crippen molar-refractivity contribution in [2.45, 2.75) is 329 Å². The van der Waals surface area contributed by atoms with E-state index in [1.807, 2.05) is 12.2 Å². The van der Waals surface area contributed by atoms with Crippen LogP contribution in [0.2, 0.25) is 0 Å². The molecule has 0 bridgehead atoms. The topological polar surface area (TPSA) is 237 Å². The van der Waals surface area contributed by atoms with Crippen molar-refractivity contribution >= 4 is 39.5 Å². The Hall–Kier alpha value is -6.10. The van der Waals surface area contributed by atoms with Gasteiger partial charge in [-0.25, -0.2) is 9.13 Å². The lowest BCUT2D eigenvalue weighted by Gasteiger charge is -2.21. The molecule has 0 aromatic heterocycles. The quantitative estimate of drug-likeness (QED) is 0.0169. The van der Waals surface area contributed by atoms with Gasteiger partial charge in [-0.15, -0.1) is 0 Å². The van der Waals surface area contributed by atoms with Crippen molar-refractivity contribution in [3.63, 3.8) is 0 Å². The average Bonchev–Trinajstić information content (AvgIpc) is 0.895. The van der Waals surface area contributed by atoms with Crippen LogP contribution >= 0.6 is 15.6 Å². The highest BCUT2D eigenvalue weighted by atomic mass is 31.2. The summed E-state index contributed by atoms with van der Waals surface area (Å²) in [7, 11) is -10.0. The molecule has 0 aliphatic carbocycles. The molecule has 0 amide bonds. The minimum atomic E-state index is -5.02. The number of carbonyl (C=O) groups is 4. The Morgan fingerprint density at radius 3 is 0.759 bits per heavy atom. The maximum absolute atomic E-state index is 13.2. The summed E-state index contributed by atoms with van der Waals surface area (Å²) in [4.78, 5) is 73.3. The molecular formula is C93H150O17P2. The van der Waals surface area contributed by atoms with E-state index in [1.165, 1.54) is 19.3 Å². The number of phosphoric ester groups is 2. The van der Waals surface area contributed by atoms with Gasteiger partial charge in [-0.2, -0.15) is 0 Å². The Labute approximate surface area is 678 Å². The van der Waals surface area contributed by atoms with Gasteiger partial charge in [0.1, 0.15) is 19.3 Å². The molecule has 0 aliphatic heterocycles. The van der Waals surface area contributed by atoms with E-state index in [2.05, 4.69) is 210 Å². The fourth-order valence-electron chi connectivity index (χ4n) is 10.7. The average molecular weight is 1600 g/mol. The molecule has 0 radical (unpaired) electrons. The van der Waals surface area contributed by atoms with Crippen LogP contribution in [-0.2, 0) is 65.4 Å². The molecule has 0 aromatic carbocycles.